The van der Waals surface area contributed by atoms with Gasteiger partial charge in [-0.15, -0.1) is 6.42 Å². The molecule has 2 saturated heterocycles. The van der Waals surface area contributed by atoms with Crippen LogP contribution < -0.4 is 9.80 Å². The van der Waals surface area contributed by atoms with E-state index in [-0.39, 0.29) is 30.0 Å². The first-order valence-electron chi connectivity index (χ1n) is 11.5. The zero-order valence-corrected chi connectivity index (χ0v) is 18.7. The van der Waals surface area contributed by atoms with E-state index in [9.17, 15) is 19.8 Å². The number of likely N-dealkylation sites (tertiary alicyclic amines) is 1. The lowest BCUT2D eigenvalue weighted by atomic mass is 9.78. The minimum atomic E-state index is -1.11. The molecule has 3 aliphatic rings. The number of aliphatic hydroxyl groups is 1. The summed E-state index contributed by atoms with van der Waals surface area (Å²) in [5.74, 6) is 3.42. The normalized spacial score (nSPS) is 28.1. The van der Waals surface area contributed by atoms with Crippen molar-refractivity contribution in [2.75, 3.05) is 36.0 Å². The fourth-order valence-electron chi connectivity index (χ4n) is 5.65. The van der Waals surface area contributed by atoms with E-state index >= 15 is 0 Å². The van der Waals surface area contributed by atoms with Crippen molar-refractivity contribution in [1.82, 2.24) is 9.88 Å². The molecule has 4 rings (SSSR count). The van der Waals surface area contributed by atoms with Crippen LogP contribution in [0, 0.1) is 24.7 Å². The summed E-state index contributed by atoms with van der Waals surface area (Å²) < 4.78 is 0. The third-order valence-corrected chi connectivity index (χ3v) is 7.36. The lowest BCUT2D eigenvalue weighted by molar-refractivity contribution is -0.139. The summed E-state index contributed by atoms with van der Waals surface area (Å²) in [5.41, 5.74) is 0.940. The van der Waals surface area contributed by atoms with Crippen LogP contribution in [0.25, 0.3) is 0 Å². The first-order valence-corrected chi connectivity index (χ1v) is 11.5. The molecule has 1 aromatic heterocycles. The molecule has 3 fully saturated rings. The van der Waals surface area contributed by atoms with Gasteiger partial charge in [-0.2, -0.15) is 0 Å². The largest absolute Gasteiger partial charge is 0.465 e. The maximum atomic E-state index is 13.5. The van der Waals surface area contributed by atoms with Gasteiger partial charge in [-0.25, -0.2) is 9.78 Å². The quantitative estimate of drug-likeness (QED) is 0.699. The molecular weight excluding hydrogens is 408 g/mol. The predicted octanol–water partition coefficient (Wildman–Crippen LogP) is 2.63. The fraction of sp³-hybridized carbons (Fsp3) is 0.625. The number of amides is 2. The molecule has 1 aromatic rings. The van der Waals surface area contributed by atoms with Gasteiger partial charge in [-0.1, -0.05) is 5.92 Å². The lowest BCUT2D eigenvalue weighted by Gasteiger charge is -2.41. The second-order valence-electron chi connectivity index (χ2n) is 9.42. The summed E-state index contributed by atoms with van der Waals surface area (Å²) >= 11 is 0. The standard InChI is InChI=1S/C24H32N4O4/c1-3-11-28(23(31)32)19-14-17(2)21(25-15-19)26-12-4-9-24(16-26)10-13-27(22(24)30)18-5-7-20(29)8-6-18/h1,14-15,18,20,29H,4-13,16H2,2H3,(H,31,32)/t18-,20+,24-/m1/s1. The van der Waals surface area contributed by atoms with E-state index in [4.69, 9.17) is 6.42 Å². The third kappa shape index (κ3) is 4.14. The highest BCUT2D eigenvalue weighted by Crippen LogP contribution is 2.43. The van der Waals surface area contributed by atoms with Crippen LogP contribution in [-0.4, -0.2) is 70.4 Å². The van der Waals surface area contributed by atoms with Crippen molar-refractivity contribution in [1.29, 1.82) is 0 Å². The molecule has 1 atom stereocenters. The topological polar surface area (TPSA) is 97.2 Å². The molecule has 0 bridgehead atoms. The highest BCUT2D eigenvalue weighted by Gasteiger charge is 2.50. The van der Waals surface area contributed by atoms with Crippen molar-refractivity contribution in [3.8, 4) is 12.3 Å². The Labute approximate surface area is 189 Å². The Bertz CT molecular complexity index is 921. The van der Waals surface area contributed by atoms with Crippen molar-refractivity contribution >= 4 is 23.5 Å². The van der Waals surface area contributed by atoms with Gasteiger partial charge in [0.25, 0.3) is 0 Å². The first-order chi connectivity index (χ1) is 15.3. The zero-order valence-electron chi connectivity index (χ0n) is 18.7. The molecule has 8 heteroatoms. The summed E-state index contributed by atoms with van der Waals surface area (Å²) in [5, 5.41) is 19.2. The van der Waals surface area contributed by atoms with Gasteiger partial charge in [-0.3, -0.25) is 9.69 Å². The number of hydrogen-bond donors (Lipinski definition) is 2. The van der Waals surface area contributed by atoms with E-state index in [1.165, 1.54) is 0 Å². The van der Waals surface area contributed by atoms with Crippen LogP contribution in [0.5, 0.6) is 0 Å². The molecule has 1 spiro atoms. The number of carbonyl (C=O) groups is 2. The second kappa shape index (κ2) is 8.99. The molecular formula is C24H32N4O4. The summed E-state index contributed by atoms with van der Waals surface area (Å²) in [7, 11) is 0. The number of terminal acetylenes is 1. The van der Waals surface area contributed by atoms with Crippen LogP contribution in [0.4, 0.5) is 16.3 Å². The van der Waals surface area contributed by atoms with Crippen molar-refractivity contribution in [2.24, 2.45) is 5.41 Å². The average molecular weight is 441 g/mol. The Balaban J connectivity index is 1.50. The van der Waals surface area contributed by atoms with Crippen LogP contribution in [0.15, 0.2) is 12.3 Å². The summed E-state index contributed by atoms with van der Waals surface area (Å²) in [6.07, 6.45) is 11.5. The maximum Gasteiger partial charge on any atom is 0.412 e. The molecule has 1 aliphatic carbocycles. The molecule has 0 radical (unpaired) electrons. The Morgan fingerprint density at radius 3 is 2.72 bits per heavy atom. The van der Waals surface area contributed by atoms with Crippen LogP contribution in [0.3, 0.4) is 0 Å². The van der Waals surface area contributed by atoms with Crippen molar-refractivity contribution in [3.63, 3.8) is 0 Å². The number of anilines is 2. The molecule has 2 N–H and O–H groups in total. The van der Waals surface area contributed by atoms with Gasteiger partial charge in [0.1, 0.15) is 5.82 Å². The van der Waals surface area contributed by atoms with E-state index < -0.39 is 6.09 Å². The number of carbonyl (C=O) groups excluding carboxylic acids is 1. The third-order valence-electron chi connectivity index (χ3n) is 7.36. The van der Waals surface area contributed by atoms with E-state index in [1.54, 1.807) is 12.3 Å². The van der Waals surface area contributed by atoms with Crippen molar-refractivity contribution in [2.45, 2.75) is 64.0 Å². The van der Waals surface area contributed by atoms with Crippen molar-refractivity contribution < 1.29 is 19.8 Å². The Morgan fingerprint density at radius 2 is 2.06 bits per heavy atom. The summed E-state index contributed by atoms with van der Waals surface area (Å²) in [6.45, 7) is 4.13. The Kier molecular flexibility index (Phi) is 6.29. The molecule has 2 aliphatic heterocycles. The van der Waals surface area contributed by atoms with Crippen molar-refractivity contribution in [3.05, 3.63) is 17.8 Å². The number of rotatable bonds is 4. The molecule has 32 heavy (non-hydrogen) atoms. The molecule has 0 aromatic carbocycles. The van der Waals surface area contributed by atoms with Gasteiger partial charge in [0.05, 0.1) is 29.9 Å². The van der Waals surface area contributed by atoms with Gasteiger partial charge in [0, 0.05) is 25.7 Å². The zero-order chi connectivity index (χ0) is 22.9. The van der Waals surface area contributed by atoms with Gasteiger partial charge in [0.15, 0.2) is 0 Å². The van der Waals surface area contributed by atoms with Crippen LogP contribution >= 0.6 is 0 Å². The summed E-state index contributed by atoms with van der Waals surface area (Å²) in [6, 6.07) is 2.04. The minimum absolute atomic E-state index is 0.0366. The van der Waals surface area contributed by atoms with E-state index in [0.717, 1.165) is 74.3 Å². The molecule has 3 heterocycles. The van der Waals surface area contributed by atoms with Gasteiger partial charge in [-0.05, 0) is 63.5 Å². The number of hydrogen-bond acceptors (Lipinski definition) is 5. The van der Waals surface area contributed by atoms with Crippen LogP contribution in [0.1, 0.15) is 50.5 Å². The number of aromatic nitrogens is 1. The minimum Gasteiger partial charge on any atom is -0.465 e. The van der Waals surface area contributed by atoms with Gasteiger partial charge < -0.3 is 20.0 Å². The molecule has 2 amide bonds. The van der Waals surface area contributed by atoms with Gasteiger partial charge >= 0.3 is 6.09 Å². The monoisotopic (exact) mass is 440 g/mol. The van der Waals surface area contributed by atoms with Crippen LogP contribution in [-0.2, 0) is 4.79 Å². The Hall–Kier alpha value is -2.79. The number of nitrogens with zero attached hydrogens (tertiary/aromatic N) is 4. The highest BCUT2D eigenvalue weighted by atomic mass is 16.4. The number of piperidine rings is 1. The second-order valence-corrected chi connectivity index (χ2v) is 9.42. The molecule has 8 nitrogen and oxygen atoms in total. The van der Waals surface area contributed by atoms with Crippen LogP contribution in [0.2, 0.25) is 0 Å². The highest BCUT2D eigenvalue weighted by molar-refractivity contribution is 5.87. The predicted molar refractivity (Wildman–Crippen MR) is 122 cm³/mol. The lowest BCUT2D eigenvalue weighted by Crippen LogP contribution is -2.50. The average Bonchev–Trinajstić information content (AvgIpc) is 3.07. The van der Waals surface area contributed by atoms with Gasteiger partial charge in [0.2, 0.25) is 5.91 Å². The van der Waals surface area contributed by atoms with E-state index in [1.807, 2.05) is 6.92 Å². The first kappa shape index (κ1) is 22.4. The smallest absolute Gasteiger partial charge is 0.412 e. The number of aryl methyl sites for hydroxylation is 1. The number of pyridine rings is 1. The molecule has 0 unspecified atom stereocenters. The van der Waals surface area contributed by atoms with E-state index in [0.29, 0.717) is 12.2 Å². The fourth-order valence-corrected chi connectivity index (χ4v) is 5.65. The maximum absolute atomic E-state index is 13.5. The molecule has 1 saturated carbocycles. The molecule has 172 valence electrons. The number of aliphatic hydroxyl groups excluding tert-OH is 1. The Morgan fingerprint density at radius 1 is 1.31 bits per heavy atom. The number of carboxylic acid groups (broad SMARTS) is 1. The van der Waals surface area contributed by atoms with E-state index in [2.05, 4.69) is 20.7 Å². The SMILES string of the molecule is C#CCN(C(=O)O)c1cnc(N2CCC[C@@]3(CCN([C@H]4CC[C@@H](O)CC4)C3=O)C2)c(C)c1. The summed E-state index contributed by atoms with van der Waals surface area (Å²) in [4.78, 5) is 35.0.